The van der Waals surface area contributed by atoms with Gasteiger partial charge in [-0.1, -0.05) is 0 Å². The molecule has 4 rings (SSSR count). The summed E-state index contributed by atoms with van der Waals surface area (Å²) in [5.41, 5.74) is 1.14. The largest absolute Gasteiger partial charge is 0.341 e. The Balaban J connectivity index is 1.40. The normalized spacial score (nSPS) is 26.4. The molecule has 7 nitrogen and oxygen atoms in total. The summed E-state index contributed by atoms with van der Waals surface area (Å²) in [5.74, 6) is 0.311. The van der Waals surface area contributed by atoms with E-state index in [0.717, 1.165) is 77.8 Å². The van der Waals surface area contributed by atoms with Crippen LogP contribution in [0.2, 0.25) is 0 Å². The molecule has 3 aliphatic heterocycles. The van der Waals surface area contributed by atoms with Crippen molar-refractivity contribution in [3.8, 4) is 0 Å². The van der Waals surface area contributed by atoms with Crippen molar-refractivity contribution >= 4 is 11.8 Å². The molecule has 0 aliphatic carbocycles. The van der Waals surface area contributed by atoms with E-state index in [1.165, 1.54) is 5.56 Å². The number of aryl methyl sites for hydroxylation is 1. The lowest BCUT2D eigenvalue weighted by atomic mass is 9.87. The molecule has 1 aromatic heterocycles. The lowest BCUT2D eigenvalue weighted by molar-refractivity contribution is -0.141. The number of hydrogen-bond acceptors (Lipinski definition) is 4. The lowest BCUT2D eigenvalue weighted by Gasteiger charge is -2.38. The van der Waals surface area contributed by atoms with Gasteiger partial charge in [-0.05, 0) is 52.0 Å². The second kappa shape index (κ2) is 8.23. The Morgan fingerprint density at radius 3 is 2.68 bits per heavy atom. The van der Waals surface area contributed by atoms with Gasteiger partial charge in [0.1, 0.15) is 6.54 Å². The van der Waals surface area contributed by atoms with Crippen molar-refractivity contribution in [3.05, 3.63) is 18.0 Å². The van der Waals surface area contributed by atoms with E-state index in [9.17, 15) is 9.59 Å². The molecule has 0 radical (unpaired) electrons. The summed E-state index contributed by atoms with van der Waals surface area (Å²) in [7, 11) is 0. The van der Waals surface area contributed by atoms with Crippen molar-refractivity contribution in [1.29, 1.82) is 0 Å². The average molecular weight is 388 g/mol. The minimum absolute atomic E-state index is 0.116. The van der Waals surface area contributed by atoms with Crippen LogP contribution < -0.4 is 0 Å². The number of nitrogens with zero attached hydrogens (tertiary/aromatic N) is 5. The van der Waals surface area contributed by atoms with Gasteiger partial charge in [-0.15, -0.1) is 0 Å². The van der Waals surface area contributed by atoms with Crippen molar-refractivity contribution < 1.29 is 9.59 Å². The summed E-state index contributed by atoms with van der Waals surface area (Å²) >= 11 is 0. The summed E-state index contributed by atoms with van der Waals surface area (Å²) < 4.78 is 1.97. The summed E-state index contributed by atoms with van der Waals surface area (Å²) in [6.45, 7) is 7.91. The van der Waals surface area contributed by atoms with E-state index in [-0.39, 0.29) is 23.9 Å². The third-order valence-electron chi connectivity index (χ3n) is 6.86. The molecule has 0 N–H and O–H groups in total. The quantitative estimate of drug-likeness (QED) is 0.774. The third kappa shape index (κ3) is 3.95. The van der Waals surface area contributed by atoms with Gasteiger partial charge >= 0.3 is 0 Å². The van der Waals surface area contributed by atoms with Crippen LogP contribution >= 0.6 is 0 Å². The zero-order chi connectivity index (χ0) is 19.6. The number of hydrogen-bond donors (Lipinski definition) is 0. The molecule has 7 heteroatoms. The molecule has 3 aliphatic rings. The molecule has 0 aromatic carbocycles. The SMILES string of the molecule is CCn1cc(CN2CCCC3(CCC(=O)N3CC(=O)N3CCCC3)CC2)cn1. The molecule has 1 atom stereocenters. The van der Waals surface area contributed by atoms with Crippen molar-refractivity contribution in [2.24, 2.45) is 0 Å². The van der Waals surface area contributed by atoms with E-state index in [1.807, 2.05) is 20.7 Å². The summed E-state index contributed by atoms with van der Waals surface area (Å²) in [6.07, 6.45) is 10.8. The average Bonchev–Trinajstić information content (AvgIpc) is 3.40. The monoisotopic (exact) mass is 387 g/mol. The predicted molar refractivity (Wildman–Crippen MR) is 107 cm³/mol. The number of carbonyl (C=O) groups is 2. The number of rotatable bonds is 5. The Hall–Kier alpha value is -1.89. The maximum atomic E-state index is 12.7. The van der Waals surface area contributed by atoms with E-state index >= 15 is 0 Å². The van der Waals surface area contributed by atoms with Crippen LogP contribution in [0.25, 0.3) is 0 Å². The van der Waals surface area contributed by atoms with Gasteiger partial charge in [0.2, 0.25) is 11.8 Å². The highest BCUT2D eigenvalue weighted by Gasteiger charge is 2.46. The van der Waals surface area contributed by atoms with E-state index in [4.69, 9.17) is 0 Å². The molecular formula is C21H33N5O2. The van der Waals surface area contributed by atoms with Crippen molar-refractivity contribution in [1.82, 2.24) is 24.5 Å². The van der Waals surface area contributed by atoms with Crippen molar-refractivity contribution in [2.45, 2.75) is 70.5 Å². The van der Waals surface area contributed by atoms with Gasteiger partial charge in [-0.2, -0.15) is 5.10 Å². The fraction of sp³-hybridized carbons (Fsp3) is 0.762. The predicted octanol–water partition coefficient (Wildman–Crippen LogP) is 1.87. The highest BCUT2D eigenvalue weighted by Crippen LogP contribution is 2.39. The molecule has 3 saturated heterocycles. The van der Waals surface area contributed by atoms with Crippen LogP contribution in [-0.2, 0) is 22.7 Å². The minimum atomic E-state index is -0.116. The zero-order valence-electron chi connectivity index (χ0n) is 17.1. The lowest BCUT2D eigenvalue weighted by Crippen LogP contribution is -2.51. The molecule has 1 unspecified atom stereocenters. The number of carbonyl (C=O) groups excluding carboxylic acids is 2. The van der Waals surface area contributed by atoms with E-state index in [1.54, 1.807) is 0 Å². The Kier molecular flexibility index (Phi) is 5.71. The van der Waals surface area contributed by atoms with Gasteiger partial charge in [-0.3, -0.25) is 19.2 Å². The first-order valence-corrected chi connectivity index (χ1v) is 10.9. The van der Waals surface area contributed by atoms with Crippen LogP contribution in [0, 0.1) is 0 Å². The fourth-order valence-corrected chi connectivity index (χ4v) is 5.16. The molecule has 0 bridgehead atoms. The number of amides is 2. The van der Waals surface area contributed by atoms with E-state index in [2.05, 4.69) is 23.1 Å². The summed E-state index contributed by atoms with van der Waals surface area (Å²) in [6, 6.07) is 0. The molecular weight excluding hydrogens is 354 g/mol. The summed E-state index contributed by atoms with van der Waals surface area (Å²) in [4.78, 5) is 31.7. The molecule has 0 saturated carbocycles. The maximum absolute atomic E-state index is 12.7. The second-order valence-electron chi connectivity index (χ2n) is 8.63. The molecule has 28 heavy (non-hydrogen) atoms. The van der Waals surface area contributed by atoms with Gasteiger partial charge in [0.05, 0.1) is 6.20 Å². The zero-order valence-corrected chi connectivity index (χ0v) is 17.1. The second-order valence-corrected chi connectivity index (χ2v) is 8.63. The topological polar surface area (TPSA) is 61.7 Å². The highest BCUT2D eigenvalue weighted by molar-refractivity contribution is 5.87. The molecule has 2 amide bonds. The van der Waals surface area contributed by atoms with Gasteiger partial charge in [0.15, 0.2) is 0 Å². The molecule has 4 heterocycles. The first-order chi connectivity index (χ1) is 13.6. The number of aromatic nitrogens is 2. The van der Waals surface area contributed by atoms with Crippen LogP contribution in [0.15, 0.2) is 12.4 Å². The van der Waals surface area contributed by atoms with Crippen molar-refractivity contribution in [3.63, 3.8) is 0 Å². The first-order valence-electron chi connectivity index (χ1n) is 10.9. The Morgan fingerprint density at radius 1 is 1.11 bits per heavy atom. The van der Waals surface area contributed by atoms with Crippen LogP contribution in [0.5, 0.6) is 0 Å². The minimum Gasteiger partial charge on any atom is -0.341 e. The Labute approximate surface area is 167 Å². The highest BCUT2D eigenvalue weighted by atomic mass is 16.2. The van der Waals surface area contributed by atoms with Gasteiger partial charge in [-0.25, -0.2) is 0 Å². The van der Waals surface area contributed by atoms with Crippen LogP contribution in [-0.4, -0.2) is 74.6 Å². The van der Waals surface area contributed by atoms with Gasteiger partial charge < -0.3 is 9.80 Å². The number of likely N-dealkylation sites (tertiary alicyclic amines) is 3. The molecule has 154 valence electrons. The molecule has 1 spiro atoms. The summed E-state index contributed by atoms with van der Waals surface area (Å²) in [5, 5.41) is 4.38. The third-order valence-corrected chi connectivity index (χ3v) is 6.86. The molecule has 3 fully saturated rings. The van der Waals surface area contributed by atoms with E-state index in [0.29, 0.717) is 6.42 Å². The molecule has 1 aromatic rings. The van der Waals surface area contributed by atoms with Gasteiger partial charge in [0, 0.05) is 56.4 Å². The van der Waals surface area contributed by atoms with Gasteiger partial charge in [0.25, 0.3) is 0 Å². The van der Waals surface area contributed by atoms with Crippen LogP contribution in [0.4, 0.5) is 0 Å². The fourth-order valence-electron chi connectivity index (χ4n) is 5.16. The Bertz CT molecular complexity index is 711. The smallest absolute Gasteiger partial charge is 0.242 e. The first kappa shape index (κ1) is 19.4. The maximum Gasteiger partial charge on any atom is 0.242 e. The van der Waals surface area contributed by atoms with E-state index < -0.39 is 0 Å². The van der Waals surface area contributed by atoms with Crippen LogP contribution in [0.1, 0.15) is 57.4 Å². The van der Waals surface area contributed by atoms with Crippen molar-refractivity contribution in [2.75, 3.05) is 32.7 Å². The van der Waals surface area contributed by atoms with Crippen LogP contribution in [0.3, 0.4) is 0 Å². The standard InChI is InChI=1S/C21H33N5O2/c1-2-25-16-18(14-22-25)15-23-10-5-7-21(9-13-23)8-6-19(27)26(21)17-20(28)24-11-3-4-12-24/h14,16H,2-13,15,17H2,1H3. The Morgan fingerprint density at radius 2 is 1.93 bits per heavy atom.